The number of fused-ring (bicyclic) bond motifs is 1. The fourth-order valence-corrected chi connectivity index (χ4v) is 2.24. The largest absolute Gasteiger partial charge is 0.507 e. The van der Waals surface area contributed by atoms with Crippen molar-refractivity contribution >= 4 is 11.6 Å². The molecule has 0 aromatic heterocycles. The third-order valence-corrected chi connectivity index (χ3v) is 3.22. The topological polar surface area (TPSA) is 93.1 Å². The minimum atomic E-state index is -0.700. The van der Waals surface area contributed by atoms with Crippen molar-refractivity contribution in [2.24, 2.45) is 0 Å². The highest BCUT2D eigenvalue weighted by molar-refractivity contribution is 6.27. The minimum Gasteiger partial charge on any atom is -0.507 e. The lowest BCUT2D eigenvalue weighted by Crippen LogP contribution is -2.24. The number of allylic oxidation sites excluding steroid dienone is 2. The molecule has 0 unspecified atom stereocenters. The number of ether oxygens (including phenoxy) is 2. The maximum Gasteiger partial charge on any atom is 0.236 e. The summed E-state index contributed by atoms with van der Waals surface area (Å²) >= 11 is 0. The van der Waals surface area contributed by atoms with Crippen LogP contribution in [0.1, 0.15) is 33.2 Å². The number of aryl methyl sites for hydroxylation is 1. The summed E-state index contributed by atoms with van der Waals surface area (Å²) in [6.07, 6.45) is 0.400. The van der Waals surface area contributed by atoms with Gasteiger partial charge in [0.25, 0.3) is 0 Å². The van der Waals surface area contributed by atoms with Crippen LogP contribution in [0, 0.1) is 0 Å². The standard InChI is InChI=1S/C14H14O6/c1-4-6-5-7(15)8-9(10(6)16)12(18)14(20-3)13(19-2)11(8)17/h5,15-16H,4H2,1-3H3. The average Bonchev–Trinajstić information content (AvgIpc) is 2.44. The second-order valence-corrected chi connectivity index (χ2v) is 4.23. The van der Waals surface area contributed by atoms with E-state index in [1.807, 2.05) is 0 Å². The number of Topliss-reactive ketones (excluding diaryl/α,β-unsaturated/α-hetero) is 2. The molecule has 2 rings (SSSR count). The van der Waals surface area contributed by atoms with Crippen LogP contribution in [0.25, 0.3) is 0 Å². The molecule has 0 radical (unpaired) electrons. The molecule has 0 saturated heterocycles. The molecule has 1 aliphatic rings. The SMILES string of the molecule is CCc1cc(O)c2c(c1O)C(=O)C(OC)=C(OC)C2=O. The van der Waals surface area contributed by atoms with Crippen molar-refractivity contribution in [3.63, 3.8) is 0 Å². The number of methoxy groups -OCH3 is 2. The van der Waals surface area contributed by atoms with Gasteiger partial charge in [-0.1, -0.05) is 6.92 Å². The highest BCUT2D eigenvalue weighted by Crippen LogP contribution is 2.40. The Morgan fingerprint density at radius 2 is 1.50 bits per heavy atom. The fraction of sp³-hybridized carbons (Fsp3) is 0.286. The van der Waals surface area contributed by atoms with E-state index in [0.29, 0.717) is 12.0 Å². The van der Waals surface area contributed by atoms with E-state index in [1.54, 1.807) is 6.92 Å². The molecule has 0 saturated carbocycles. The quantitative estimate of drug-likeness (QED) is 0.815. The number of carbonyl (C=O) groups excluding carboxylic acids is 2. The number of aromatic hydroxyl groups is 2. The van der Waals surface area contributed by atoms with Crippen molar-refractivity contribution < 1.29 is 29.3 Å². The zero-order valence-electron chi connectivity index (χ0n) is 11.3. The fourth-order valence-electron chi connectivity index (χ4n) is 2.24. The first-order valence-corrected chi connectivity index (χ1v) is 5.97. The van der Waals surface area contributed by atoms with Gasteiger partial charge in [-0.25, -0.2) is 0 Å². The van der Waals surface area contributed by atoms with Crippen LogP contribution in [-0.2, 0) is 15.9 Å². The van der Waals surface area contributed by atoms with E-state index in [0.717, 1.165) is 0 Å². The Morgan fingerprint density at radius 1 is 1.00 bits per heavy atom. The van der Waals surface area contributed by atoms with E-state index >= 15 is 0 Å². The van der Waals surface area contributed by atoms with Gasteiger partial charge in [-0.3, -0.25) is 9.59 Å². The summed E-state index contributed by atoms with van der Waals surface area (Å²) in [6, 6.07) is 1.27. The van der Waals surface area contributed by atoms with E-state index in [9.17, 15) is 19.8 Å². The molecule has 0 bridgehead atoms. The molecule has 0 fully saturated rings. The molecule has 6 heteroatoms. The van der Waals surface area contributed by atoms with Crippen LogP contribution in [0.3, 0.4) is 0 Å². The summed E-state index contributed by atoms with van der Waals surface area (Å²) in [6.45, 7) is 1.75. The van der Waals surface area contributed by atoms with Crippen molar-refractivity contribution in [1.82, 2.24) is 0 Å². The first-order chi connectivity index (χ1) is 9.47. The Bertz CT molecular complexity index is 642. The predicted octanol–water partition coefficient (Wildman–Crippen LogP) is 1.54. The number of hydrogen-bond donors (Lipinski definition) is 2. The second kappa shape index (κ2) is 4.88. The van der Waals surface area contributed by atoms with E-state index in [-0.39, 0.29) is 34.1 Å². The molecule has 20 heavy (non-hydrogen) atoms. The van der Waals surface area contributed by atoms with Crippen LogP contribution in [0.4, 0.5) is 0 Å². The van der Waals surface area contributed by atoms with Gasteiger partial charge in [-0.15, -0.1) is 0 Å². The van der Waals surface area contributed by atoms with E-state index in [1.165, 1.54) is 20.3 Å². The zero-order chi connectivity index (χ0) is 15.0. The lowest BCUT2D eigenvalue weighted by atomic mass is 9.88. The molecular formula is C14H14O6. The van der Waals surface area contributed by atoms with Crippen molar-refractivity contribution in [3.8, 4) is 11.5 Å². The Labute approximate surface area is 115 Å². The predicted molar refractivity (Wildman–Crippen MR) is 68.9 cm³/mol. The van der Waals surface area contributed by atoms with Crippen LogP contribution >= 0.6 is 0 Å². The Morgan fingerprint density at radius 3 is 1.95 bits per heavy atom. The number of carbonyl (C=O) groups is 2. The molecule has 0 heterocycles. The van der Waals surface area contributed by atoms with Crippen molar-refractivity contribution in [2.75, 3.05) is 14.2 Å². The molecule has 1 aliphatic carbocycles. The molecule has 0 spiro atoms. The third-order valence-electron chi connectivity index (χ3n) is 3.22. The second-order valence-electron chi connectivity index (χ2n) is 4.23. The summed E-state index contributed by atoms with van der Waals surface area (Å²) in [5, 5.41) is 20.1. The van der Waals surface area contributed by atoms with Gasteiger partial charge in [0, 0.05) is 0 Å². The number of benzene rings is 1. The molecule has 2 N–H and O–H groups in total. The highest BCUT2D eigenvalue weighted by atomic mass is 16.5. The molecule has 1 aromatic carbocycles. The van der Waals surface area contributed by atoms with Gasteiger partial charge in [-0.2, -0.15) is 0 Å². The summed E-state index contributed by atoms with van der Waals surface area (Å²) in [5.41, 5.74) is -0.134. The Hall–Kier alpha value is -2.50. The van der Waals surface area contributed by atoms with E-state index in [4.69, 9.17) is 9.47 Å². The van der Waals surface area contributed by atoms with Gasteiger partial charge >= 0.3 is 0 Å². The van der Waals surface area contributed by atoms with Gasteiger partial charge in [0.05, 0.1) is 25.3 Å². The summed E-state index contributed by atoms with van der Waals surface area (Å²) in [7, 11) is 2.45. The summed E-state index contributed by atoms with van der Waals surface area (Å²) in [5.74, 6) is -2.64. The van der Waals surface area contributed by atoms with Crippen molar-refractivity contribution in [1.29, 1.82) is 0 Å². The Balaban J connectivity index is 2.83. The van der Waals surface area contributed by atoms with Crippen LogP contribution < -0.4 is 0 Å². The first kappa shape index (κ1) is 13.9. The summed E-state index contributed by atoms with van der Waals surface area (Å²) < 4.78 is 9.77. The molecular weight excluding hydrogens is 264 g/mol. The normalized spacial score (nSPS) is 14.3. The summed E-state index contributed by atoms with van der Waals surface area (Å²) in [4.78, 5) is 24.6. The van der Waals surface area contributed by atoms with Crippen LogP contribution in [0.5, 0.6) is 11.5 Å². The highest BCUT2D eigenvalue weighted by Gasteiger charge is 2.39. The van der Waals surface area contributed by atoms with E-state index in [2.05, 4.69) is 0 Å². The molecule has 0 aliphatic heterocycles. The number of phenolic OH excluding ortho intramolecular Hbond substituents is 2. The number of hydrogen-bond acceptors (Lipinski definition) is 6. The molecule has 0 atom stereocenters. The monoisotopic (exact) mass is 278 g/mol. The average molecular weight is 278 g/mol. The van der Waals surface area contributed by atoms with Gasteiger partial charge in [0.15, 0.2) is 0 Å². The van der Waals surface area contributed by atoms with Gasteiger partial charge in [0.1, 0.15) is 11.5 Å². The van der Waals surface area contributed by atoms with Gasteiger partial charge in [0.2, 0.25) is 23.1 Å². The Kier molecular flexibility index (Phi) is 3.40. The van der Waals surface area contributed by atoms with Crippen LogP contribution in [0.15, 0.2) is 17.6 Å². The minimum absolute atomic E-state index is 0.246. The molecule has 1 aromatic rings. The lowest BCUT2D eigenvalue weighted by molar-refractivity contribution is 0.0824. The molecule has 6 nitrogen and oxygen atoms in total. The zero-order valence-corrected chi connectivity index (χ0v) is 11.3. The number of phenols is 2. The number of rotatable bonds is 3. The van der Waals surface area contributed by atoms with Crippen LogP contribution in [-0.4, -0.2) is 36.0 Å². The first-order valence-electron chi connectivity index (χ1n) is 5.97. The third kappa shape index (κ3) is 1.72. The molecule has 106 valence electrons. The lowest BCUT2D eigenvalue weighted by Gasteiger charge is -2.21. The van der Waals surface area contributed by atoms with E-state index < -0.39 is 11.6 Å². The molecule has 0 amide bonds. The maximum atomic E-state index is 12.3. The number of ketones is 2. The van der Waals surface area contributed by atoms with Gasteiger partial charge < -0.3 is 19.7 Å². The maximum absolute atomic E-state index is 12.3. The van der Waals surface area contributed by atoms with Crippen LogP contribution in [0.2, 0.25) is 0 Å². The van der Waals surface area contributed by atoms with Crippen molar-refractivity contribution in [2.45, 2.75) is 13.3 Å². The van der Waals surface area contributed by atoms with Gasteiger partial charge in [-0.05, 0) is 18.1 Å². The smallest absolute Gasteiger partial charge is 0.236 e. The van der Waals surface area contributed by atoms with Crippen molar-refractivity contribution in [3.05, 3.63) is 34.3 Å².